The summed E-state index contributed by atoms with van der Waals surface area (Å²) in [5.74, 6) is -0.656. The van der Waals surface area contributed by atoms with Gasteiger partial charge in [0.05, 0.1) is 5.69 Å². The van der Waals surface area contributed by atoms with Crippen LogP contribution >= 0.6 is 15.9 Å². The van der Waals surface area contributed by atoms with E-state index in [9.17, 15) is 9.90 Å². The first kappa shape index (κ1) is 17.5. The molecule has 27 heavy (non-hydrogen) atoms. The number of halogens is 1. The molecule has 0 atom stereocenters. The number of piperazine rings is 1. The number of nitrogens with zero attached hydrogens (tertiary/aromatic N) is 5. The summed E-state index contributed by atoms with van der Waals surface area (Å²) in [5.41, 5.74) is 1.87. The van der Waals surface area contributed by atoms with Gasteiger partial charge in [-0.25, -0.2) is 4.79 Å². The third-order valence-corrected chi connectivity index (χ3v) is 5.09. The van der Waals surface area contributed by atoms with Gasteiger partial charge >= 0.3 is 5.97 Å². The molecule has 8 heteroatoms. The second-order valence-electron chi connectivity index (χ2n) is 6.25. The van der Waals surface area contributed by atoms with Crippen LogP contribution in [0, 0.1) is 0 Å². The average Bonchev–Trinajstić information content (AvgIpc) is 3.15. The highest BCUT2D eigenvalue weighted by Gasteiger charge is 2.26. The highest BCUT2D eigenvalue weighted by molar-refractivity contribution is 9.10. The van der Waals surface area contributed by atoms with Gasteiger partial charge in [0.15, 0.2) is 5.82 Å². The zero-order chi connectivity index (χ0) is 18.8. The monoisotopic (exact) mass is 427 g/mol. The quantitative estimate of drug-likeness (QED) is 0.689. The molecule has 7 nitrogen and oxygen atoms in total. The first-order valence-corrected chi connectivity index (χ1v) is 9.42. The van der Waals surface area contributed by atoms with Crippen LogP contribution in [0.25, 0.3) is 5.69 Å². The van der Waals surface area contributed by atoms with Crippen LogP contribution in [0.1, 0.15) is 10.5 Å². The van der Waals surface area contributed by atoms with Gasteiger partial charge in [0.25, 0.3) is 0 Å². The molecule has 0 aliphatic carbocycles. The highest BCUT2D eigenvalue weighted by atomic mass is 79.9. The maximum Gasteiger partial charge on any atom is 0.360 e. The van der Waals surface area contributed by atoms with Crippen LogP contribution in [0.4, 0.5) is 11.5 Å². The minimum atomic E-state index is -1.07. The summed E-state index contributed by atoms with van der Waals surface area (Å²) in [5, 5.41) is 18.2. The number of hydrogen-bond donors (Lipinski definition) is 1. The van der Waals surface area contributed by atoms with Gasteiger partial charge in [0.1, 0.15) is 0 Å². The Morgan fingerprint density at radius 3 is 2.11 bits per heavy atom. The van der Waals surface area contributed by atoms with Crippen LogP contribution in [0.3, 0.4) is 0 Å². The molecular formula is C19H18BrN5O2. The Bertz CT molecular complexity index is 934. The molecule has 0 spiro atoms. The van der Waals surface area contributed by atoms with E-state index in [4.69, 9.17) is 0 Å². The Hall–Kier alpha value is -2.87. The van der Waals surface area contributed by atoms with E-state index in [-0.39, 0.29) is 5.69 Å². The van der Waals surface area contributed by atoms with Crippen molar-refractivity contribution < 1.29 is 9.90 Å². The summed E-state index contributed by atoms with van der Waals surface area (Å²) in [4.78, 5) is 17.4. The lowest BCUT2D eigenvalue weighted by Gasteiger charge is -2.36. The Labute approximate surface area is 165 Å². The second-order valence-corrected chi connectivity index (χ2v) is 7.17. The number of rotatable bonds is 4. The predicted molar refractivity (Wildman–Crippen MR) is 107 cm³/mol. The molecule has 1 aliphatic heterocycles. The number of aromatic nitrogens is 3. The van der Waals surface area contributed by atoms with E-state index in [2.05, 4.69) is 43.2 Å². The van der Waals surface area contributed by atoms with Crippen molar-refractivity contribution in [2.24, 2.45) is 0 Å². The maximum atomic E-state index is 11.7. The summed E-state index contributed by atoms with van der Waals surface area (Å²) in [6.45, 7) is 2.98. The number of carboxylic acid groups (broad SMARTS) is 1. The smallest absolute Gasteiger partial charge is 0.360 e. The van der Waals surface area contributed by atoms with Gasteiger partial charge in [-0.2, -0.15) is 0 Å². The maximum absolute atomic E-state index is 11.7. The molecule has 2 aromatic carbocycles. The zero-order valence-corrected chi connectivity index (χ0v) is 16.1. The van der Waals surface area contributed by atoms with Gasteiger partial charge in [-0.05, 0) is 36.4 Å². The largest absolute Gasteiger partial charge is 0.476 e. The molecule has 1 aromatic heterocycles. The lowest BCUT2D eigenvalue weighted by Crippen LogP contribution is -2.47. The molecule has 0 bridgehead atoms. The van der Waals surface area contributed by atoms with Crippen LogP contribution in [0.15, 0.2) is 59.1 Å². The van der Waals surface area contributed by atoms with Crippen molar-refractivity contribution in [3.05, 3.63) is 64.8 Å². The van der Waals surface area contributed by atoms with E-state index >= 15 is 0 Å². The molecule has 1 fully saturated rings. The highest BCUT2D eigenvalue weighted by Crippen LogP contribution is 2.23. The Kier molecular flexibility index (Phi) is 4.81. The van der Waals surface area contributed by atoms with E-state index < -0.39 is 5.97 Å². The number of para-hydroxylation sites is 1. The lowest BCUT2D eigenvalue weighted by atomic mass is 10.2. The van der Waals surface area contributed by atoms with Gasteiger partial charge in [-0.1, -0.05) is 34.1 Å². The van der Waals surface area contributed by atoms with Crippen LogP contribution in [-0.4, -0.2) is 52.2 Å². The number of carbonyl (C=O) groups is 1. The number of aromatic carboxylic acids is 1. The molecule has 0 amide bonds. The van der Waals surface area contributed by atoms with Crippen molar-refractivity contribution in [3.63, 3.8) is 0 Å². The summed E-state index contributed by atoms with van der Waals surface area (Å²) in [7, 11) is 0. The van der Waals surface area contributed by atoms with E-state index in [1.807, 2.05) is 47.4 Å². The van der Waals surface area contributed by atoms with Gasteiger partial charge in [0, 0.05) is 36.3 Å². The van der Waals surface area contributed by atoms with Crippen molar-refractivity contribution in [1.29, 1.82) is 0 Å². The molecule has 4 rings (SSSR count). The molecule has 2 heterocycles. The van der Waals surface area contributed by atoms with E-state index in [0.717, 1.165) is 23.2 Å². The third kappa shape index (κ3) is 3.66. The summed E-state index contributed by atoms with van der Waals surface area (Å²) < 4.78 is 0.939. The van der Waals surface area contributed by atoms with Crippen LogP contribution in [0.2, 0.25) is 0 Å². The topological polar surface area (TPSA) is 74.5 Å². The fourth-order valence-corrected chi connectivity index (χ4v) is 3.42. The van der Waals surface area contributed by atoms with E-state index in [1.54, 1.807) is 0 Å². The predicted octanol–water partition coefficient (Wildman–Crippen LogP) is 3.05. The SMILES string of the molecule is O=C(O)c1nn(-c2ccc(Br)cc2)nc1N1CCN(c2ccccc2)CC1. The zero-order valence-electron chi connectivity index (χ0n) is 14.5. The average molecular weight is 428 g/mol. The minimum absolute atomic E-state index is 0.0221. The summed E-state index contributed by atoms with van der Waals surface area (Å²) >= 11 is 3.39. The molecule has 0 unspecified atom stereocenters. The Morgan fingerprint density at radius 1 is 0.852 bits per heavy atom. The molecule has 0 saturated carbocycles. The number of carboxylic acids is 1. The molecular weight excluding hydrogens is 410 g/mol. The molecule has 1 N–H and O–H groups in total. The van der Waals surface area contributed by atoms with Crippen LogP contribution in [-0.2, 0) is 0 Å². The fourth-order valence-electron chi connectivity index (χ4n) is 3.16. The number of hydrogen-bond acceptors (Lipinski definition) is 5. The fraction of sp³-hybridized carbons (Fsp3) is 0.211. The molecule has 1 saturated heterocycles. The van der Waals surface area contributed by atoms with Gasteiger partial charge in [-0.15, -0.1) is 15.0 Å². The van der Waals surface area contributed by atoms with Crippen molar-refractivity contribution in [2.75, 3.05) is 36.0 Å². The third-order valence-electron chi connectivity index (χ3n) is 4.56. The normalized spacial score (nSPS) is 14.4. The summed E-state index contributed by atoms with van der Waals surface area (Å²) in [6.07, 6.45) is 0. The molecule has 3 aromatic rings. The van der Waals surface area contributed by atoms with E-state index in [1.165, 1.54) is 10.5 Å². The van der Waals surface area contributed by atoms with E-state index in [0.29, 0.717) is 18.9 Å². The van der Waals surface area contributed by atoms with Gasteiger partial charge in [0.2, 0.25) is 5.69 Å². The molecule has 138 valence electrons. The van der Waals surface area contributed by atoms with Crippen molar-refractivity contribution in [2.45, 2.75) is 0 Å². The number of anilines is 2. The standard InChI is InChI=1S/C19H18BrN5O2/c20-14-6-8-16(9-7-14)25-21-17(19(26)27)18(22-25)24-12-10-23(11-13-24)15-4-2-1-3-5-15/h1-9H,10-13H2,(H,26,27). The minimum Gasteiger partial charge on any atom is -0.476 e. The summed E-state index contributed by atoms with van der Waals surface area (Å²) in [6, 6.07) is 17.6. The lowest BCUT2D eigenvalue weighted by molar-refractivity contribution is 0.0690. The van der Waals surface area contributed by atoms with Crippen molar-refractivity contribution in [1.82, 2.24) is 15.0 Å². The van der Waals surface area contributed by atoms with Gasteiger partial charge in [-0.3, -0.25) is 0 Å². The van der Waals surface area contributed by atoms with Crippen LogP contribution in [0.5, 0.6) is 0 Å². The molecule has 1 aliphatic rings. The second kappa shape index (κ2) is 7.40. The Morgan fingerprint density at radius 2 is 1.48 bits per heavy atom. The van der Waals surface area contributed by atoms with Crippen molar-refractivity contribution in [3.8, 4) is 5.69 Å². The first-order chi connectivity index (χ1) is 13.1. The first-order valence-electron chi connectivity index (χ1n) is 8.63. The van der Waals surface area contributed by atoms with Gasteiger partial charge < -0.3 is 14.9 Å². The number of benzene rings is 2. The van der Waals surface area contributed by atoms with Crippen molar-refractivity contribution >= 4 is 33.4 Å². The van der Waals surface area contributed by atoms with Crippen LogP contribution < -0.4 is 9.80 Å². The molecule has 0 radical (unpaired) electrons. The Balaban J connectivity index is 1.56.